The van der Waals surface area contributed by atoms with Gasteiger partial charge in [-0.25, -0.2) is 18.6 Å². The first-order valence-corrected chi connectivity index (χ1v) is 15.9. The third-order valence-electron chi connectivity index (χ3n) is 9.23. The van der Waals surface area contributed by atoms with Gasteiger partial charge in [0.2, 0.25) is 0 Å². The number of carbonyl (C=O) groups is 1. The molecule has 2 aliphatic carbocycles. The number of ether oxygens (including phenoxy) is 3. The van der Waals surface area contributed by atoms with Crippen LogP contribution in [-0.2, 0) is 15.1 Å². The van der Waals surface area contributed by atoms with Gasteiger partial charge in [0.25, 0.3) is 0 Å². The average Bonchev–Trinajstić information content (AvgIpc) is 3.87. The predicted octanol–water partition coefficient (Wildman–Crippen LogP) is 6.64. The lowest BCUT2D eigenvalue weighted by Gasteiger charge is -2.26. The van der Waals surface area contributed by atoms with Gasteiger partial charge in [0.15, 0.2) is 12.6 Å². The summed E-state index contributed by atoms with van der Waals surface area (Å²) in [5.74, 6) is 1.75. The monoisotopic (exact) mass is 644 g/mol. The third kappa shape index (κ3) is 5.37. The van der Waals surface area contributed by atoms with E-state index >= 15 is 8.78 Å². The number of pyridine rings is 1. The molecule has 1 N–H and O–H groups in total. The fourth-order valence-electron chi connectivity index (χ4n) is 7.02. The van der Waals surface area contributed by atoms with Gasteiger partial charge in [-0.3, -0.25) is 4.68 Å². The van der Waals surface area contributed by atoms with Crippen LogP contribution in [0.25, 0.3) is 32.9 Å². The van der Waals surface area contributed by atoms with Gasteiger partial charge in [-0.1, -0.05) is 12.0 Å². The van der Waals surface area contributed by atoms with E-state index in [2.05, 4.69) is 5.92 Å². The number of methoxy groups -OCH3 is 1. The molecule has 2 aromatic carbocycles. The Morgan fingerprint density at radius 1 is 1.11 bits per heavy atom. The van der Waals surface area contributed by atoms with Crippen LogP contribution >= 0.6 is 0 Å². The largest absolute Gasteiger partial charge is 0.468 e. The van der Waals surface area contributed by atoms with Crippen molar-refractivity contribution < 1.29 is 32.9 Å². The third-order valence-corrected chi connectivity index (χ3v) is 9.23. The van der Waals surface area contributed by atoms with Gasteiger partial charge in [0, 0.05) is 37.1 Å². The Kier molecular flexibility index (Phi) is 7.26. The highest BCUT2D eigenvalue weighted by molar-refractivity contribution is 6.03. The van der Waals surface area contributed by atoms with Gasteiger partial charge in [-0.2, -0.15) is 5.10 Å². The fourth-order valence-corrected chi connectivity index (χ4v) is 7.02. The number of benzene rings is 2. The lowest BCUT2D eigenvalue weighted by molar-refractivity contribution is 0.0270. The molecule has 2 unspecified atom stereocenters. The molecule has 0 bridgehead atoms. The summed E-state index contributed by atoms with van der Waals surface area (Å²) in [7, 11) is 1.48. The number of piperidine rings is 1. The van der Waals surface area contributed by atoms with Crippen molar-refractivity contribution >= 4 is 27.8 Å². The summed E-state index contributed by atoms with van der Waals surface area (Å²) in [6, 6.07) is 6.07. The van der Waals surface area contributed by atoms with Crippen LogP contribution in [0.5, 0.6) is 5.75 Å². The van der Waals surface area contributed by atoms with E-state index in [0.29, 0.717) is 40.7 Å². The first kappa shape index (κ1) is 31.3. The molecule has 0 radical (unpaired) electrons. The number of fused-ring (bicyclic) bond motifs is 3. The number of terminal acetylenes is 1. The molecule has 3 heterocycles. The Morgan fingerprint density at radius 3 is 2.40 bits per heavy atom. The van der Waals surface area contributed by atoms with Crippen LogP contribution in [0.2, 0.25) is 0 Å². The molecule has 4 aromatic rings. The molecular formula is C36H38F2N4O5. The van der Waals surface area contributed by atoms with Crippen molar-refractivity contribution in [2.75, 3.05) is 27.0 Å². The second kappa shape index (κ2) is 10.9. The number of nitrogens with zero attached hydrogens (tertiary/aromatic N) is 4. The maximum Gasteiger partial charge on any atom is 0.410 e. The van der Waals surface area contributed by atoms with E-state index in [0.717, 1.165) is 12.8 Å². The van der Waals surface area contributed by atoms with Gasteiger partial charge in [-0.15, -0.1) is 6.42 Å². The van der Waals surface area contributed by atoms with Gasteiger partial charge in [-0.05, 0) is 82.9 Å². The number of rotatable bonds is 7. The lowest BCUT2D eigenvalue weighted by atomic mass is 9.93. The number of carbonyl (C=O) groups excluding carboxylic acids is 1. The standard InChI is InChI=1S/C36H38F2N4O5/c1-8-21-25(37)12-9-18-13-20(46-17-45-7)14-22(26(18)21)30-29(38)32-28(33(39-30)36(5,6)44)31(40-42(32)19-10-11-19)27-23-15-41(16-24(23)27)34(43)47-35(2,3)4/h1,9,12-14,19,23-24,27,44H,10-11,15-17H2,2-7H3. The Bertz CT molecular complexity index is 1970. The van der Waals surface area contributed by atoms with Crippen LogP contribution in [0.1, 0.15) is 76.4 Å². The average molecular weight is 645 g/mol. The molecule has 3 fully saturated rings. The van der Waals surface area contributed by atoms with Crippen molar-refractivity contribution in [1.82, 2.24) is 19.7 Å². The molecule has 1 amide bonds. The van der Waals surface area contributed by atoms with Crippen LogP contribution in [0.3, 0.4) is 0 Å². The minimum absolute atomic E-state index is 0.00524. The number of aliphatic hydroxyl groups is 1. The maximum atomic E-state index is 17.2. The minimum Gasteiger partial charge on any atom is -0.468 e. The Morgan fingerprint density at radius 2 is 1.81 bits per heavy atom. The zero-order valence-electron chi connectivity index (χ0n) is 27.4. The molecule has 0 spiro atoms. The molecule has 11 heteroatoms. The van der Waals surface area contributed by atoms with Gasteiger partial charge in [0.05, 0.1) is 28.4 Å². The normalized spacial score (nSPS) is 20.9. The molecule has 2 aromatic heterocycles. The molecule has 246 valence electrons. The molecule has 3 aliphatic rings. The highest BCUT2D eigenvalue weighted by atomic mass is 19.1. The van der Waals surface area contributed by atoms with Crippen molar-refractivity contribution in [3.05, 3.63) is 52.9 Å². The number of hydrogen-bond donors (Lipinski definition) is 1. The molecule has 47 heavy (non-hydrogen) atoms. The lowest BCUT2D eigenvalue weighted by Crippen LogP contribution is -2.36. The minimum atomic E-state index is -1.50. The quantitative estimate of drug-likeness (QED) is 0.178. The summed E-state index contributed by atoms with van der Waals surface area (Å²) in [6.07, 6.45) is 7.11. The first-order valence-electron chi connectivity index (χ1n) is 15.9. The van der Waals surface area contributed by atoms with Crippen LogP contribution in [0, 0.1) is 35.8 Å². The van der Waals surface area contributed by atoms with Crippen molar-refractivity contribution in [3.63, 3.8) is 0 Å². The fraction of sp³-hybridized carbons (Fsp3) is 0.472. The first-order chi connectivity index (χ1) is 22.2. The highest BCUT2D eigenvalue weighted by Crippen LogP contribution is 2.60. The number of amides is 1. The zero-order chi connectivity index (χ0) is 33.6. The van der Waals surface area contributed by atoms with E-state index in [1.165, 1.54) is 13.2 Å². The van der Waals surface area contributed by atoms with E-state index in [1.54, 1.807) is 41.6 Å². The summed E-state index contributed by atoms with van der Waals surface area (Å²) in [6.45, 7) is 9.68. The number of aromatic nitrogens is 3. The van der Waals surface area contributed by atoms with Gasteiger partial charge in [0.1, 0.15) is 34.0 Å². The van der Waals surface area contributed by atoms with Crippen LogP contribution in [0.15, 0.2) is 24.3 Å². The highest BCUT2D eigenvalue weighted by Gasteiger charge is 2.60. The van der Waals surface area contributed by atoms with Crippen molar-refractivity contribution in [1.29, 1.82) is 0 Å². The van der Waals surface area contributed by atoms with Gasteiger partial charge >= 0.3 is 6.09 Å². The summed E-state index contributed by atoms with van der Waals surface area (Å²) in [5, 5.41) is 17.9. The molecular weight excluding hydrogens is 606 g/mol. The SMILES string of the molecule is C#Cc1c(F)ccc2cc(OCOC)cc(-c3nc(C(C)(C)O)c4c(C5C6CN(C(=O)OC(C)(C)C)CC65)nn(C5CC5)c4c3F)c12. The molecule has 1 aliphatic heterocycles. The van der Waals surface area contributed by atoms with Crippen molar-refractivity contribution in [2.45, 2.75) is 70.6 Å². The topological polar surface area (TPSA) is 98.9 Å². The molecule has 2 saturated carbocycles. The Hall–Kier alpha value is -4.27. The van der Waals surface area contributed by atoms with Gasteiger partial charge < -0.3 is 24.2 Å². The Balaban J connectivity index is 1.41. The number of likely N-dealkylation sites (tertiary alicyclic amines) is 1. The zero-order valence-corrected chi connectivity index (χ0v) is 27.4. The summed E-state index contributed by atoms with van der Waals surface area (Å²) in [4.78, 5) is 19.3. The van der Waals surface area contributed by atoms with Crippen molar-refractivity contribution in [3.8, 4) is 29.4 Å². The van der Waals surface area contributed by atoms with E-state index in [1.807, 2.05) is 20.8 Å². The Labute approximate surface area is 271 Å². The summed E-state index contributed by atoms with van der Waals surface area (Å²) in [5.41, 5.74) is -0.810. The van der Waals surface area contributed by atoms with Crippen molar-refractivity contribution in [2.24, 2.45) is 11.8 Å². The second-order valence-electron chi connectivity index (χ2n) is 14.4. The molecule has 7 rings (SSSR count). The van der Waals surface area contributed by atoms with Crippen LogP contribution in [0.4, 0.5) is 13.6 Å². The van der Waals surface area contributed by atoms with E-state index in [9.17, 15) is 9.90 Å². The maximum absolute atomic E-state index is 17.2. The molecule has 2 atom stereocenters. The predicted molar refractivity (Wildman–Crippen MR) is 172 cm³/mol. The van der Waals surface area contributed by atoms with E-state index in [4.69, 9.17) is 30.7 Å². The summed E-state index contributed by atoms with van der Waals surface area (Å²) < 4.78 is 50.5. The molecule has 1 saturated heterocycles. The van der Waals surface area contributed by atoms with Crippen LogP contribution < -0.4 is 4.74 Å². The summed E-state index contributed by atoms with van der Waals surface area (Å²) >= 11 is 0. The van der Waals surface area contributed by atoms with Crippen LogP contribution in [-0.4, -0.2) is 63.5 Å². The van der Waals surface area contributed by atoms with E-state index < -0.39 is 22.8 Å². The molecule has 9 nitrogen and oxygen atoms in total. The number of halogens is 2. The smallest absolute Gasteiger partial charge is 0.410 e. The second-order valence-corrected chi connectivity index (χ2v) is 14.4. The van der Waals surface area contributed by atoms with E-state index in [-0.39, 0.29) is 64.7 Å². The number of hydrogen-bond acceptors (Lipinski definition) is 7.